The van der Waals surface area contributed by atoms with E-state index in [-0.39, 0.29) is 5.89 Å². The van der Waals surface area contributed by atoms with Crippen molar-refractivity contribution in [3.8, 4) is 0 Å². The molecule has 2 aromatic rings. The molecule has 2 rings (SSSR count). The van der Waals surface area contributed by atoms with Crippen molar-refractivity contribution in [3.63, 3.8) is 0 Å². The van der Waals surface area contributed by atoms with Crippen LogP contribution in [0.3, 0.4) is 0 Å². The molecule has 0 unspecified atom stereocenters. The lowest BCUT2D eigenvalue weighted by Crippen LogP contribution is -2.33. The highest BCUT2D eigenvalue weighted by molar-refractivity contribution is 7.90. The fourth-order valence-electron chi connectivity index (χ4n) is 2.06. The maximum Gasteiger partial charge on any atom is 0.335 e. The molecule has 0 aliphatic carbocycles. The van der Waals surface area contributed by atoms with E-state index in [1.165, 1.54) is 0 Å². The first kappa shape index (κ1) is 20.4. The highest BCUT2D eigenvalue weighted by Crippen LogP contribution is 2.27. The number of hydrogen-bond donors (Lipinski definition) is 1. The molecule has 0 spiro atoms. The number of benzene rings is 1. The van der Waals surface area contributed by atoms with E-state index in [0.29, 0.717) is 18.6 Å². The first-order chi connectivity index (χ1) is 12.0. The molecule has 0 saturated carbocycles. The third kappa shape index (κ3) is 4.43. The van der Waals surface area contributed by atoms with Crippen molar-refractivity contribution in [1.29, 1.82) is 0 Å². The van der Waals surface area contributed by atoms with E-state index in [2.05, 4.69) is 14.9 Å². The van der Waals surface area contributed by atoms with Gasteiger partial charge in [0.25, 0.3) is 0 Å². The number of sulfone groups is 1. The molecular weight excluding hydrogens is 392 g/mol. The van der Waals surface area contributed by atoms with E-state index in [1.54, 1.807) is 13.8 Å². The van der Waals surface area contributed by atoms with Crippen LogP contribution in [0.15, 0.2) is 32.7 Å². The van der Waals surface area contributed by atoms with E-state index in [0.717, 1.165) is 12.3 Å². The topological polar surface area (TPSA) is 119 Å². The van der Waals surface area contributed by atoms with E-state index in [1.807, 2.05) is 0 Å². The minimum Gasteiger partial charge on any atom is -0.411 e. The quantitative estimate of drug-likeness (QED) is 0.741. The third-order valence-electron chi connectivity index (χ3n) is 3.68. The molecule has 0 amide bonds. The minimum absolute atomic E-state index is 0.292. The summed E-state index contributed by atoms with van der Waals surface area (Å²) in [7, 11) is -8.27. The molecule has 1 N–H and O–H groups in total. The van der Waals surface area contributed by atoms with Crippen LogP contribution in [0.1, 0.15) is 32.2 Å². The Labute approximate surface area is 149 Å². The molecule has 0 bridgehead atoms. The van der Waals surface area contributed by atoms with Crippen LogP contribution in [0.5, 0.6) is 0 Å². The normalized spacial score (nSPS) is 15.0. The van der Waals surface area contributed by atoms with Crippen LogP contribution in [0.4, 0.5) is 8.78 Å². The molecule has 0 aliphatic rings. The van der Waals surface area contributed by atoms with Crippen LogP contribution in [0, 0.1) is 17.6 Å². The van der Waals surface area contributed by atoms with E-state index >= 15 is 0 Å². The van der Waals surface area contributed by atoms with E-state index in [9.17, 15) is 25.6 Å². The molecule has 1 aromatic heterocycles. The Bertz CT molecular complexity index is 1010. The number of rotatable bonds is 7. The van der Waals surface area contributed by atoms with Crippen LogP contribution in [0.2, 0.25) is 0 Å². The molecule has 0 radical (unpaired) electrons. The van der Waals surface area contributed by atoms with Crippen molar-refractivity contribution >= 4 is 19.9 Å². The molecule has 12 heteroatoms. The molecule has 0 aliphatic heterocycles. The Morgan fingerprint density at radius 1 is 1.19 bits per heavy atom. The smallest absolute Gasteiger partial charge is 0.335 e. The van der Waals surface area contributed by atoms with Crippen molar-refractivity contribution in [1.82, 2.24) is 14.9 Å². The molecule has 0 fully saturated rings. The van der Waals surface area contributed by atoms with Crippen molar-refractivity contribution in [2.45, 2.75) is 36.4 Å². The predicted molar refractivity (Wildman–Crippen MR) is 86.3 cm³/mol. The third-order valence-corrected chi connectivity index (χ3v) is 5.94. The lowest BCUT2D eigenvalue weighted by Gasteiger charge is -2.21. The Morgan fingerprint density at radius 2 is 1.85 bits per heavy atom. The zero-order chi connectivity index (χ0) is 19.7. The van der Waals surface area contributed by atoms with Crippen molar-refractivity contribution in [2.75, 3.05) is 6.26 Å². The minimum atomic E-state index is -4.48. The second-order valence-corrected chi connectivity index (χ2v) is 9.31. The summed E-state index contributed by atoms with van der Waals surface area (Å²) in [6.45, 7) is 3.40. The summed E-state index contributed by atoms with van der Waals surface area (Å²) in [5, 5.41) is 6.30. The second-order valence-electron chi connectivity index (χ2n) is 5.74. The maximum atomic E-state index is 13.8. The number of sulfonamides is 1. The highest BCUT2D eigenvalue weighted by atomic mass is 32.2. The van der Waals surface area contributed by atoms with Crippen LogP contribution < -0.4 is 4.72 Å². The molecule has 26 heavy (non-hydrogen) atoms. The molecule has 1 aromatic carbocycles. The monoisotopic (exact) mass is 409 g/mol. The number of nitrogens with zero attached hydrogens (tertiary/aromatic N) is 2. The first-order valence-corrected chi connectivity index (χ1v) is 10.8. The average Bonchev–Trinajstić information content (AvgIpc) is 3.04. The number of aromatic nitrogens is 2. The van der Waals surface area contributed by atoms with Crippen LogP contribution in [-0.2, 0) is 19.9 Å². The number of halogens is 2. The molecule has 0 saturated heterocycles. The van der Waals surface area contributed by atoms with Gasteiger partial charge in [0.15, 0.2) is 0 Å². The van der Waals surface area contributed by atoms with Gasteiger partial charge in [0.2, 0.25) is 25.8 Å². The van der Waals surface area contributed by atoms with Gasteiger partial charge in [-0.1, -0.05) is 25.4 Å². The average molecular weight is 409 g/mol. The van der Waals surface area contributed by atoms with E-state index in [4.69, 9.17) is 4.42 Å². The Morgan fingerprint density at radius 3 is 2.38 bits per heavy atom. The van der Waals surface area contributed by atoms with Gasteiger partial charge in [-0.15, -0.1) is 5.10 Å². The van der Waals surface area contributed by atoms with Crippen LogP contribution in [-0.4, -0.2) is 33.3 Å². The fourth-order valence-corrected chi connectivity index (χ4v) is 3.87. The number of hydrogen-bond acceptors (Lipinski definition) is 7. The summed E-state index contributed by atoms with van der Waals surface area (Å²) >= 11 is 0. The summed E-state index contributed by atoms with van der Waals surface area (Å²) in [5.41, 5.74) is 0. The van der Waals surface area contributed by atoms with Crippen LogP contribution >= 0.6 is 0 Å². The first-order valence-electron chi connectivity index (χ1n) is 7.46. The SMILES string of the molecule is CC[C@@H](C)[C@H](NS(=O)(=O)c1cc(F)ccc1F)c1nnc(S(C)(=O)=O)o1. The summed E-state index contributed by atoms with van der Waals surface area (Å²) < 4.78 is 82.3. The Hall–Kier alpha value is -1.92. The highest BCUT2D eigenvalue weighted by Gasteiger charge is 2.32. The van der Waals surface area contributed by atoms with Crippen LogP contribution in [0.25, 0.3) is 0 Å². The predicted octanol–water partition coefficient (Wildman–Crippen LogP) is 1.82. The fraction of sp³-hybridized carbons (Fsp3) is 0.429. The van der Waals surface area contributed by atoms with Gasteiger partial charge < -0.3 is 4.42 Å². The largest absolute Gasteiger partial charge is 0.411 e. The van der Waals surface area contributed by atoms with Gasteiger partial charge in [-0.05, 0) is 24.1 Å². The second kappa shape index (κ2) is 7.37. The summed E-state index contributed by atoms with van der Waals surface area (Å²) in [6, 6.07) is 0.893. The van der Waals surface area contributed by atoms with Gasteiger partial charge in [-0.3, -0.25) is 0 Å². The zero-order valence-electron chi connectivity index (χ0n) is 14.1. The lowest BCUT2D eigenvalue weighted by molar-refractivity contribution is 0.311. The standard InChI is InChI=1S/C14H17F2N3O5S2/c1-4-8(2)12(13-17-18-14(24-13)25(3,20)21)19-26(22,23)11-7-9(15)5-6-10(11)16/h5-8,12,19H,4H2,1-3H3/t8-,12+/m1/s1. The van der Waals surface area contributed by atoms with Gasteiger partial charge in [-0.25, -0.2) is 25.6 Å². The van der Waals surface area contributed by atoms with Crippen molar-refractivity contribution < 1.29 is 30.0 Å². The van der Waals surface area contributed by atoms with Gasteiger partial charge in [0.05, 0.1) is 0 Å². The molecular formula is C14H17F2N3O5S2. The molecule has 1 heterocycles. The number of nitrogens with one attached hydrogen (secondary N) is 1. The lowest BCUT2D eigenvalue weighted by atomic mass is 10.0. The maximum absolute atomic E-state index is 13.8. The van der Waals surface area contributed by atoms with Gasteiger partial charge >= 0.3 is 5.22 Å². The Balaban J connectivity index is 2.45. The molecule has 2 atom stereocenters. The molecule has 8 nitrogen and oxygen atoms in total. The van der Waals surface area contributed by atoms with Gasteiger partial charge in [-0.2, -0.15) is 4.72 Å². The van der Waals surface area contributed by atoms with Gasteiger partial charge in [0.1, 0.15) is 22.6 Å². The summed E-state index contributed by atoms with van der Waals surface area (Å²) in [4.78, 5) is -0.881. The Kier molecular flexibility index (Phi) is 5.78. The van der Waals surface area contributed by atoms with E-state index < -0.39 is 53.6 Å². The van der Waals surface area contributed by atoms with Gasteiger partial charge in [0, 0.05) is 6.26 Å². The summed E-state index contributed by atoms with van der Waals surface area (Å²) in [5.74, 6) is -2.76. The van der Waals surface area contributed by atoms with Crippen molar-refractivity contribution in [3.05, 3.63) is 35.7 Å². The zero-order valence-corrected chi connectivity index (χ0v) is 15.7. The molecule has 144 valence electrons. The van der Waals surface area contributed by atoms with Crippen molar-refractivity contribution in [2.24, 2.45) is 5.92 Å². The summed E-state index contributed by atoms with van der Waals surface area (Å²) in [6.07, 6.45) is 1.31.